The van der Waals surface area contributed by atoms with E-state index >= 15 is 0 Å². The van der Waals surface area contributed by atoms with E-state index in [1.165, 1.54) is 4.42 Å². The van der Waals surface area contributed by atoms with E-state index in [1.807, 2.05) is 44.4 Å². The van der Waals surface area contributed by atoms with E-state index in [-0.39, 0.29) is 5.91 Å². The number of benzene rings is 1. The average Bonchev–Trinajstić information content (AvgIpc) is 3.11. The number of anilines is 4. The van der Waals surface area contributed by atoms with Gasteiger partial charge in [0.25, 0.3) is 5.91 Å². The number of rotatable bonds is 4. The molecule has 0 saturated carbocycles. The molecule has 4 rings (SSSR count). The summed E-state index contributed by atoms with van der Waals surface area (Å²) in [6, 6.07) is 9.55. The maximum Gasteiger partial charge on any atom is 0.255 e. The van der Waals surface area contributed by atoms with Crippen LogP contribution >= 0.6 is 11.8 Å². The lowest BCUT2D eigenvalue weighted by atomic mass is 9.97. The van der Waals surface area contributed by atoms with Crippen LogP contribution in [0.4, 0.5) is 22.9 Å². The van der Waals surface area contributed by atoms with Gasteiger partial charge in [-0.3, -0.25) is 9.48 Å². The summed E-state index contributed by atoms with van der Waals surface area (Å²) in [6.07, 6.45) is 5.99. The first kappa shape index (κ1) is 17.4. The third kappa shape index (κ3) is 3.33. The Morgan fingerprint density at radius 1 is 1.26 bits per heavy atom. The lowest BCUT2D eigenvalue weighted by molar-refractivity contribution is 0.0782. The van der Waals surface area contributed by atoms with Crippen molar-refractivity contribution in [2.75, 3.05) is 23.3 Å². The number of aryl methyl sites for hydroxylation is 1. The Morgan fingerprint density at radius 2 is 2.11 bits per heavy atom. The molecule has 1 aromatic carbocycles. The lowest BCUT2D eigenvalue weighted by Gasteiger charge is -2.27. The molecule has 0 unspecified atom stereocenters. The molecule has 0 aliphatic carbocycles. The molecule has 1 aliphatic heterocycles. The molecular formula is C19H19ClN6O. The number of hydrogen-bond acceptors (Lipinski definition) is 5. The monoisotopic (exact) mass is 382 g/mol. The summed E-state index contributed by atoms with van der Waals surface area (Å²) in [5, 5.41) is 7.46. The highest BCUT2D eigenvalue weighted by Crippen LogP contribution is 2.31. The van der Waals surface area contributed by atoms with Crippen LogP contribution in [0.2, 0.25) is 0 Å². The fraction of sp³-hybridized carbons (Fsp3) is 0.211. The summed E-state index contributed by atoms with van der Waals surface area (Å²) in [5.41, 5.74) is 4.08. The number of nitrogens with zero attached hydrogens (tertiary/aromatic N) is 5. The molecule has 7 nitrogen and oxygen atoms in total. The number of carbonyl (C=O) groups is 1. The Balaban J connectivity index is 1.64. The van der Waals surface area contributed by atoms with Crippen molar-refractivity contribution < 1.29 is 4.79 Å². The van der Waals surface area contributed by atoms with Crippen molar-refractivity contribution >= 4 is 40.6 Å². The van der Waals surface area contributed by atoms with Crippen molar-refractivity contribution in [2.24, 2.45) is 7.05 Å². The highest BCUT2D eigenvalue weighted by atomic mass is 35.5. The van der Waals surface area contributed by atoms with Crippen molar-refractivity contribution in [1.82, 2.24) is 19.7 Å². The summed E-state index contributed by atoms with van der Waals surface area (Å²) in [6.45, 7) is 0.737. The number of hydrogen-bond donors (Lipinski definition) is 1. The van der Waals surface area contributed by atoms with Gasteiger partial charge < -0.3 is 10.2 Å². The van der Waals surface area contributed by atoms with Crippen LogP contribution in [0.1, 0.15) is 15.9 Å². The first-order valence-corrected chi connectivity index (χ1v) is 8.92. The zero-order chi connectivity index (χ0) is 19.0. The molecular weight excluding hydrogens is 364 g/mol. The van der Waals surface area contributed by atoms with Crippen LogP contribution in [0.25, 0.3) is 0 Å². The number of halogens is 1. The number of carbonyl (C=O) groups excluding carboxylic acids is 1. The van der Waals surface area contributed by atoms with Crippen molar-refractivity contribution in [3.63, 3.8) is 0 Å². The standard InChI is InChI=1S/C19H19ClN6O/c1-24-9-7-13-4-3-5-16(18(13)19(24)27)23-14-6-8-21-17(10-14)26(20)15-11-22-25(2)12-15/h3-6,8,10-12H,7,9H2,1-2H3,(H,21,23). The number of fused-ring (bicyclic) bond motifs is 1. The van der Waals surface area contributed by atoms with Crippen LogP contribution in [-0.4, -0.2) is 39.2 Å². The molecule has 8 heteroatoms. The summed E-state index contributed by atoms with van der Waals surface area (Å²) in [7, 11) is 3.65. The van der Waals surface area contributed by atoms with Gasteiger partial charge in [-0.2, -0.15) is 5.10 Å². The predicted octanol–water partition coefficient (Wildman–Crippen LogP) is 3.48. The second-order valence-corrected chi connectivity index (χ2v) is 6.84. The minimum atomic E-state index is 0.0305. The summed E-state index contributed by atoms with van der Waals surface area (Å²) < 4.78 is 3.11. The van der Waals surface area contributed by atoms with Crippen LogP contribution < -0.4 is 9.74 Å². The minimum Gasteiger partial charge on any atom is -0.355 e. The van der Waals surface area contributed by atoms with Crippen LogP contribution in [-0.2, 0) is 13.5 Å². The predicted molar refractivity (Wildman–Crippen MR) is 106 cm³/mol. The average molecular weight is 383 g/mol. The molecule has 0 radical (unpaired) electrons. The van der Waals surface area contributed by atoms with Crippen molar-refractivity contribution in [1.29, 1.82) is 0 Å². The summed E-state index contributed by atoms with van der Waals surface area (Å²) in [5.74, 6) is 0.589. The van der Waals surface area contributed by atoms with E-state index in [9.17, 15) is 4.79 Å². The molecule has 0 atom stereocenters. The molecule has 0 saturated heterocycles. The molecule has 1 N–H and O–H groups in total. The molecule has 0 bridgehead atoms. The maximum atomic E-state index is 12.6. The van der Waals surface area contributed by atoms with Gasteiger partial charge in [0.1, 0.15) is 5.82 Å². The normalized spacial score (nSPS) is 13.4. The van der Waals surface area contributed by atoms with Crippen LogP contribution in [0.5, 0.6) is 0 Å². The number of pyridine rings is 1. The van der Waals surface area contributed by atoms with Gasteiger partial charge in [0.15, 0.2) is 0 Å². The molecule has 3 aromatic rings. The summed E-state index contributed by atoms with van der Waals surface area (Å²) in [4.78, 5) is 18.7. The number of nitrogens with one attached hydrogen (secondary N) is 1. The largest absolute Gasteiger partial charge is 0.355 e. The Hall–Kier alpha value is -3.06. The van der Waals surface area contributed by atoms with Crippen molar-refractivity contribution in [3.8, 4) is 0 Å². The molecule has 138 valence electrons. The van der Waals surface area contributed by atoms with E-state index in [0.29, 0.717) is 5.82 Å². The number of likely N-dealkylation sites (N-methyl/N-ethyl adjacent to an activating group) is 1. The zero-order valence-electron chi connectivity index (χ0n) is 15.1. The van der Waals surface area contributed by atoms with Crippen molar-refractivity contribution in [3.05, 3.63) is 60.0 Å². The van der Waals surface area contributed by atoms with E-state index in [1.54, 1.807) is 28.2 Å². The Kier molecular flexibility index (Phi) is 4.45. The van der Waals surface area contributed by atoms with E-state index < -0.39 is 0 Å². The topological polar surface area (TPSA) is 66.3 Å². The first-order valence-electron chi connectivity index (χ1n) is 8.58. The molecule has 1 amide bonds. The van der Waals surface area contributed by atoms with E-state index in [4.69, 9.17) is 11.8 Å². The minimum absolute atomic E-state index is 0.0305. The molecule has 0 fully saturated rings. The van der Waals surface area contributed by atoms with Gasteiger partial charge in [-0.05, 0) is 24.1 Å². The van der Waals surface area contributed by atoms with Gasteiger partial charge in [0.05, 0.1) is 23.1 Å². The Labute approximate surface area is 162 Å². The maximum absolute atomic E-state index is 12.6. The zero-order valence-corrected chi connectivity index (χ0v) is 15.8. The molecule has 3 heterocycles. The van der Waals surface area contributed by atoms with Gasteiger partial charge in [-0.1, -0.05) is 12.1 Å². The first-order chi connectivity index (χ1) is 13.0. The Morgan fingerprint density at radius 3 is 2.89 bits per heavy atom. The van der Waals surface area contributed by atoms with Gasteiger partial charge in [0.2, 0.25) is 0 Å². The SMILES string of the molecule is CN1CCc2cccc(Nc3ccnc(N(Cl)c4cnn(C)c4)c3)c2C1=O. The fourth-order valence-electron chi connectivity index (χ4n) is 3.15. The van der Waals surface area contributed by atoms with Crippen molar-refractivity contribution in [2.45, 2.75) is 6.42 Å². The second-order valence-electron chi connectivity index (χ2n) is 6.50. The quantitative estimate of drug-likeness (QED) is 0.700. The van der Waals surface area contributed by atoms with Gasteiger partial charge >= 0.3 is 0 Å². The molecule has 2 aromatic heterocycles. The highest BCUT2D eigenvalue weighted by molar-refractivity contribution is 6.29. The molecule has 0 spiro atoms. The summed E-state index contributed by atoms with van der Waals surface area (Å²) >= 11 is 6.41. The number of aromatic nitrogens is 3. The Bertz CT molecular complexity index is 1000. The second kappa shape index (κ2) is 6.92. The van der Waals surface area contributed by atoms with Crippen LogP contribution in [0.3, 0.4) is 0 Å². The van der Waals surface area contributed by atoms with Gasteiger partial charge in [0, 0.05) is 56.6 Å². The van der Waals surface area contributed by atoms with Gasteiger partial charge in [-0.25, -0.2) is 9.40 Å². The fourth-order valence-corrected chi connectivity index (χ4v) is 3.33. The number of amides is 1. The third-order valence-electron chi connectivity index (χ3n) is 4.57. The van der Waals surface area contributed by atoms with Crippen LogP contribution in [0.15, 0.2) is 48.9 Å². The highest BCUT2D eigenvalue weighted by Gasteiger charge is 2.24. The lowest BCUT2D eigenvalue weighted by Crippen LogP contribution is -2.34. The molecule has 1 aliphatic rings. The smallest absolute Gasteiger partial charge is 0.255 e. The molecule has 27 heavy (non-hydrogen) atoms. The van der Waals surface area contributed by atoms with Gasteiger partial charge in [-0.15, -0.1) is 0 Å². The van der Waals surface area contributed by atoms with Crippen LogP contribution in [0, 0.1) is 0 Å². The van der Waals surface area contributed by atoms with E-state index in [2.05, 4.69) is 15.4 Å². The third-order valence-corrected chi connectivity index (χ3v) is 4.94. The van der Waals surface area contributed by atoms with E-state index in [0.717, 1.165) is 41.2 Å².